The van der Waals surface area contributed by atoms with Crippen molar-refractivity contribution in [2.24, 2.45) is 0 Å². The van der Waals surface area contributed by atoms with Crippen molar-refractivity contribution < 1.29 is 14.7 Å². The van der Waals surface area contributed by atoms with Crippen molar-refractivity contribution in [2.75, 3.05) is 24.3 Å². The maximum Gasteiger partial charge on any atom is 0.313 e. The number of carboxylic acids is 1. The molecule has 0 atom stereocenters. The number of thioether (sulfide) groups is 2. The van der Waals surface area contributed by atoms with Gasteiger partial charge in [0.1, 0.15) is 0 Å². The predicted molar refractivity (Wildman–Crippen MR) is 84.3 cm³/mol. The molecular weight excluding hydrogens is 310 g/mol. The van der Waals surface area contributed by atoms with Crippen LogP contribution in [0.2, 0.25) is 0 Å². The van der Waals surface area contributed by atoms with Crippen molar-refractivity contribution in [1.82, 2.24) is 14.7 Å². The van der Waals surface area contributed by atoms with Gasteiger partial charge < -0.3 is 10.4 Å². The van der Waals surface area contributed by atoms with E-state index in [2.05, 4.69) is 10.3 Å². The third kappa shape index (κ3) is 3.92. The summed E-state index contributed by atoms with van der Waals surface area (Å²) in [5.74, 6) is -0.495. The molecule has 0 fully saturated rings. The van der Waals surface area contributed by atoms with Gasteiger partial charge >= 0.3 is 5.97 Å². The SMILES string of the molecule is CSc1nc(C(=O)NCCSCC(=O)O)c2ccccn12. The molecule has 2 N–H and O–H groups in total. The van der Waals surface area contributed by atoms with Crippen LogP contribution in [0.4, 0.5) is 0 Å². The number of carbonyl (C=O) groups is 2. The summed E-state index contributed by atoms with van der Waals surface area (Å²) in [5.41, 5.74) is 1.15. The topological polar surface area (TPSA) is 83.7 Å². The number of amides is 1. The molecule has 2 aromatic rings. The first-order valence-corrected chi connectivity index (χ1v) is 8.60. The fourth-order valence-corrected chi connectivity index (χ4v) is 2.90. The van der Waals surface area contributed by atoms with Gasteiger partial charge in [-0.15, -0.1) is 11.8 Å². The Balaban J connectivity index is 2.01. The fourth-order valence-electron chi connectivity index (χ4n) is 1.80. The third-order valence-electron chi connectivity index (χ3n) is 2.67. The molecule has 0 bridgehead atoms. The molecule has 0 aromatic carbocycles. The summed E-state index contributed by atoms with van der Waals surface area (Å²) in [6, 6.07) is 5.60. The first-order valence-electron chi connectivity index (χ1n) is 6.22. The van der Waals surface area contributed by atoms with E-state index in [0.717, 1.165) is 10.7 Å². The van der Waals surface area contributed by atoms with Gasteiger partial charge in [0.25, 0.3) is 5.91 Å². The van der Waals surface area contributed by atoms with Crippen molar-refractivity contribution in [3.8, 4) is 0 Å². The van der Waals surface area contributed by atoms with Crippen LogP contribution in [0.15, 0.2) is 29.6 Å². The molecule has 0 saturated heterocycles. The van der Waals surface area contributed by atoms with E-state index >= 15 is 0 Å². The molecular formula is C13H15N3O3S2. The van der Waals surface area contributed by atoms with E-state index in [-0.39, 0.29) is 11.7 Å². The van der Waals surface area contributed by atoms with Gasteiger partial charge in [0, 0.05) is 18.5 Å². The van der Waals surface area contributed by atoms with Gasteiger partial charge in [-0.1, -0.05) is 17.8 Å². The lowest BCUT2D eigenvalue weighted by molar-refractivity contribution is -0.133. The van der Waals surface area contributed by atoms with Gasteiger partial charge in [-0.2, -0.15) is 0 Å². The summed E-state index contributed by atoms with van der Waals surface area (Å²) in [7, 11) is 0. The van der Waals surface area contributed by atoms with E-state index in [0.29, 0.717) is 18.0 Å². The zero-order valence-electron chi connectivity index (χ0n) is 11.4. The summed E-state index contributed by atoms with van der Waals surface area (Å²) < 4.78 is 1.87. The number of pyridine rings is 1. The molecule has 0 aliphatic carbocycles. The van der Waals surface area contributed by atoms with Gasteiger partial charge in [-0.25, -0.2) is 4.98 Å². The lowest BCUT2D eigenvalue weighted by atomic mass is 10.3. The van der Waals surface area contributed by atoms with Crippen molar-refractivity contribution in [1.29, 1.82) is 0 Å². The Morgan fingerprint density at radius 1 is 1.43 bits per heavy atom. The maximum atomic E-state index is 12.2. The van der Waals surface area contributed by atoms with Crippen LogP contribution < -0.4 is 5.32 Å². The minimum Gasteiger partial charge on any atom is -0.481 e. The van der Waals surface area contributed by atoms with Crippen LogP contribution in [0.1, 0.15) is 10.5 Å². The summed E-state index contributed by atoms with van der Waals surface area (Å²) in [5, 5.41) is 12.0. The monoisotopic (exact) mass is 325 g/mol. The number of carbonyl (C=O) groups excluding carboxylic acids is 1. The first-order chi connectivity index (χ1) is 10.1. The molecule has 1 amide bonds. The number of aromatic nitrogens is 2. The molecule has 0 saturated carbocycles. The minimum atomic E-state index is -0.851. The van der Waals surface area contributed by atoms with Crippen molar-refractivity contribution in [3.63, 3.8) is 0 Å². The second-order valence-electron chi connectivity index (χ2n) is 4.11. The molecule has 2 heterocycles. The van der Waals surface area contributed by atoms with Crippen LogP contribution in [-0.2, 0) is 4.79 Å². The number of fused-ring (bicyclic) bond motifs is 1. The smallest absolute Gasteiger partial charge is 0.313 e. The summed E-state index contributed by atoms with van der Waals surface area (Å²) in [4.78, 5) is 26.9. The van der Waals surface area contributed by atoms with Gasteiger partial charge in [-0.3, -0.25) is 14.0 Å². The molecule has 112 valence electrons. The molecule has 0 spiro atoms. The number of imidazole rings is 1. The number of hydrogen-bond donors (Lipinski definition) is 2. The molecule has 0 aliphatic heterocycles. The Morgan fingerprint density at radius 3 is 2.95 bits per heavy atom. The zero-order valence-corrected chi connectivity index (χ0v) is 13.0. The summed E-state index contributed by atoms with van der Waals surface area (Å²) in [6.07, 6.45) is 3.78. The Hall–Kier alpha value is -1.67. The summed E-state index contributed by atoms with van der Waals surface area (Å²) in [6.45, 7) is 0.414. The fraction of sp³-hybridized carbons (Fsp3) is 0.308. The highest BCUT2D eigenvalue weighted by atomic mass is 32.2. The number of nitrogens with one attached hydrogen (secondary N) is 1. The number of nitrogens with zero attached hydrogens (tertiary/aromatic N) is 2. The highest BCUT2D eigenvalue weighted by Gasteiger charge is 2.16. The molecule has 6 nitrogen and oxygen atoms in total. The van der Waals surface area contributed by atoms with E-state index in [1.807, 2.05) is 35.1 Å². The van der Waals surface area contributed by atoms with Crippen LogP contribution in [0.3, 0.4) is 0 Å². The standard InChI is InChI=1S/C13H15N3O3S2/c1-20-13-15-11(9-4-2-3-6-16(9)13)12(19)14-5-7-21-8-10(17)18/h2-4,6H,5,7-8H2,1H3,(H,14,19)(H,17,18). The predicted octanol–water partition coefficient (Wildman–Crippen LogP) is 1.60. The van der Waals surface area contributed by atoms with Gasteiger partial charge in [0.2, 0.25) is 0 Å². The number of rotatable bonds is 7. The molecule has 21 heavy (non-hydrogen) atoms. The second-order valence-corrected chi connectivity index (χ2v) is 5.98. The van der Waals surface area contributed by atoms with E-state index in [4.69, 9.17) is 5.11 Å². The normalized spacial score (nSPS) is 10.7. The Labute approximate surface area is 130 Å². The average Bonchev–Trinajstić information content (AvgIpc) is 2.85. The van der Waals surface area contributed by atoms with Crippen molar-refractivity contribution in [3.05, 3.63) is 30.1 Å². The molecule has 0 aliphatic rings. The lowest BCUT2D eigenvalue weighted by Gasteiger charge is -2.02. The van der Waals surface area contributed by atoms with Crippen molar-refractivity contribution >= 4 is 40.9 Å². The van der Waals surface area contributed by atoms with Gasteiger partial charge in [-0.05, 0) is 18.4 Å². The first kappa shape index (κ1) is 15.7. The van der Waals surface area contributed by atoms with E-state index < -0.39 is 5.97 Å². The zero-order chi connectivity index (χ0) is 15.2. The molecule has 8 heteroatoms. The Bertz CT molecular complexity index is 657. The second kappa shape index (κ2) is 7.37. The van der Waals surface area contributed by atoms with E-state index in [9.17, 15) is 9.59 Å². The molecule has 0 unspecified atom stereocenters. The van der Waals surface area contributed by atoms with Crippen LogP contribution in [0, 0.1) is 0 Å². The Kier molecular flexibility index (Phi) is 5.51. The molecule has 2 aromatic heterocycles. The third-order valence-corrected chi connectivity index (χ3v) is 4.27. The van der Waals surface area contributed by atoms with Crippen LogP contribution in [0.25, 0.3) is 5.52 Å². The van der Waals surface area contributed by atoms with E-state index in [1.54, 1.807) is 0 Å². The van der Waals surface area contributed by atoms with Crippen molar-refractivity contribution in [2.45, 2.75) is 5.16 Å². The Morgan fingerprint density at radius 2 is 2.24 bits per heavy atom. The lowest BCUT2D eigenvalue weighted by Crippen LogP contribution is -2.26. The minimum absolute atomic E-state index is 0.0416. The molecule has 2 rings (SSSR count). The number of carboxylic acid groups (broad SMARTS) is 1. The number of hydrogen-bond acceptors (Lipinski definition) is 5. The van der Waals surface area contributed by atoms with E-state index in [1.165, 1.54) is 23.5 Å². The largest absolute Gasteiger partial charge is 0.481 e. The van der Waals surface area contributed by atoms with Crippen LogP contribution >= 0.6 is 23.5 Å². The van der Waals surface area contributed by atoms with Gasteiger partial charge in [0.15, 0.2) is 10.9 Å². The number of aliphatic carboxylic acids is 1. The van der Waals surface area contributed by atoms with Gasteiger partial charge in [0.05, 0.1) is 11.3 Å². The quantitative estimate of drug-likeness (QED) is 0.594. The average molecular weight is 325 g/mol. The summed E-state index contributed by atoms with van der Waals surface area (Å²) >= 11 is 2.74. The van der Waals surface area contributed by atoms with Crippen LogP contribution in [0.5, 0.6) is 0 Å². The molecule has 0 radical (unpaired) electrons. The van der Waals surface area contributed by atoms with Crippen LogP contribution in [-0.4, -0.2) is 50.7 Å². The highest BCUT2D eigenvalue weighted by Crippen LogP contribution is 2.19. The maximum absolute atomic E-state index is 12.2. The highest BCUT2D eigenvalue weighted by molar-refractivity contribution is 7.99.